The number of aryl methyl sites for hydroxylation is 1. The minimum absolute atomic E-state index is 0.462. The second-order valence-electron chi connectivity index (χ2n) is 6.11. The summed E-state index contributed by atoms with van der Waals surface area (Å²) in [6.45, 7) is 0. The third-order valence-corrected chi connectivity index (χ3v) is 4.83. The van der Waals surface area contributed by atoms with Crippen LogP contribution in [0.2, 0.25) is 0 Å². The Hall–Kier alpha value is -1.06. The van der Waals surface area contributed by atoms with Gasteiger partial charge in [0.15, 0.2) is 0 Å². The number of ether oxygens (including phenoxy) is 2. The number of rotatable bonds is 4. The molecule has 0 spiro atoms. The summed E-state index contributed by atoms with van der Waals surface area (Å²) in [6, 6.07) is 7.75. The zero-order chi connectivity index (χ0) is 13.9. The van der Waals surface area contributed by atoms with E-state index in [0.717, 1.165) is 18.6 Å². The van der Waals surface area contributed by atoms with Gasteiger partial charge in [-0.1, -0.05) is 6.07 Å². The van der Waals surface area contributed by atoms with Gasteiger partial charge in [0.1, 0.15) is 5.75 Å². The van der Waals surface area contributed by atoms with Crippen molar-refractivity contribution in [1.82, 2.24) is 5.32 Å². The van der Waals surface area contributed by atoms with Crippen LogP contribution < -0.4 is 10.1 Å². The fraction of sp³-hybridized carbons (Fsp3) is 0.647. The first kappa shape index (κ1) is 13.9. The van der Waals surface area contributed by atoms with Crippen LogP contribution in [0.3, 0.4) is 0 Å². The second kappa shape index (κ2) is 6.15. The molecule has 0 heterocycles. The van der Waals surface area contributed by atoms with Gasteiger partial charge in [0.2, 0.25) is 0 Å². The normalized spacial score (nSPS) is 29.2. The van der Waals surface area contributed by atoms with Crippen molar-refractivity contribution in [1.29, 1.82) is 0 Å². The second-order valence-corrected chi connectivity index (χ2v) is 6.11. The lowest BCUT2D eigenvalue weighted by Gasteiger charge is -2.28. The highest BCUT2D eigenvalue weighted by Crippen LogP contribution is 2.28. The van der Waals surface area contributed by atoms with E-state index >= 15 is 0 Å². The molecule has 0 saturated heterocycles. The van der Waals surface area contributed by atoms with Gasteiger partial charge in [-0.2, -0.15) is 0 Å². The Bertz CT molecular complexity index is 460. The summed E-state index contributed by atoms with van der Waals surface area (Å²) in [7, 11) is 3.57. The van der Waals surface area contributed by atoms with Gasteiger partial charge in [0, 0.05) is 19.2 Å². The Morgan fingerprint density at radius 1 is 1.05 bits per heavy atom. The zero-order valence-electron chi connectivity index (χ0n) is 12.5. The molecule has 1 aromatic rings. The van der Waals surface area contributed by atoms with E-state index in [1.807, 2.05) is 7.11 Å². The Kier molecular flexibility index (Phi) is 4.27. The van der Waals surface area contributed by atoms with Crippen LogP contribution in [0.1, 0.15) is 36.8 Å². The van der Waals surface area contributed by atoms with Gasteiger partial charge in [0.25, 0.3) is 0 Å². The predicted octanol–water partition coefficient (Wildman–Crippen LogP) is 2.71. The van der Waals surface area contributed by atoms with Crippen LogP contribution in [0, 0.1) is 0 Å². The molecule has 3 nitrogen and oxygen atoms in total. The molecule has 0 amide bonds. The number of methoxy groups -OCH3 is 2. The van der Waals surface area contributed by atoms with Crippen molar-refractivity contribution < 1.29 is 9.47 Å². The molecule has 3 unspecified atom stereocenters. The van der Waals surface area contributed by atoms with Gasteiger partial charge in [0.05, 0.1) is 13.2 Å². The average Bonchev–Trinajstić information content (AvgIpc) is 2.94. The largest absolute Gasteiger partial charge is 0.497 e. The highest BCUT2D eigenvalue weighted by atomic mass is 16.5. The summed E-state index contributed by atoms with van der Waals surface area (Å²) in [5.74, 6) is 0.977. The van der Waals surface area contributed by atoms with Crippen LogP contribution in [0.15, 0.2) is 18.2 Å². The van der Waals surface area contributed by atoms with Crippen LogP contribution in [0.25, 0.3) is 0 Å². The maximum absolute atomic E-state index is 5.46. The van der Waals surface area contributed by atoms with E-state index in [1.165, 1.54) is 36.8 Å². The number of benzene rings is 1. The molecule has 3 atom stereocenters. The number of hydrogen-bond donors (Lipinski definition) is 1. The van der Waals surface area contributed by atoms with E-state index in [9.17, 15) is 0 Å². The minimum Gasteiger partial charge on any atom is -0.497 e. The van der Waals surface area contributed by atoms with Crippen molar-refractivity contribution in [3.8, 4) is 5.75 Å². The van der Waals surface area contributed by atoms with Gasteiger partial charge >= 0.3 is 0 Å². The molecule has 3 rings (SSSR count). The first-order valence-corrected chi connectivity index (χ1v) is 7.73. The van der Waals surface area contributed by atoms with E-state index < -0.39 is 0 Å². The van der Waals surface area contributed by atoms with Crippen molar-refractivity contribution in [3.63, 3.8) is 0 Å². The lowest BCUT2D eigenvalue weighted by Crippen LogP contribution is -2.40. The minimum atomic E-state index is 0.462. The van der Waals surface area contributed by atoms with Crippen molar-refractivity contribution >= 4 is 0 Å². The molecule has 1 N–H and O–H groups in total. The number of fused-ring (bicyclic) bond motifs is 1. The number of hydrogen-bond acceptors (Lipinski definition) is 3. The highest BCUT2D eigenvalue weighted by molar-refractivity contribution is 5.37. The van der Waals surface area contributed by atoms with Crippen LogP contribution in [0.4, 0.5) is 0 Å². The molecule has 0 aliphatic heterocycles. The monoisotopic (exact) mass is 275 g/mol. The van der Waals surface area contributed by atoms with Crippen molar-refractivity contribution in [2.75, 3.05) is 14.2 Å². The van der Waals surface area contributed by atoms with Crippen LogP contribution in [0.5, 0.6) is 5.75 Å². The van der Waals surface area contributed by atoms with Gasteiger partial charge in [-0.15, -0.1) is 0 Å². The predicted molar refractivity (Wildman–Crippen MR) is 80.4 cm³/mol. The van der Waals surface area contributed by atoms with E-state index in [2.05, 4.69) is 23.5 Å². The lowest BCUT2D eigenvalue weighted by atomic mass is 9.87. The summed E-state index contributed by atoms with van der Waals surface area (Å²) in [6.07, 6.45) is 7.62. The number of nitrogens with one attached hydrogen (secondary N) is 1. The first-order chi connectivity index (χ1) is 9.78. The first-order valence-electron chi connectivity index (χ1n) is 7.73. The van der Waals surface area contributed by atoms with E-state index in [1.54, 1.807) is 7.11 Å². The van der Waals surface area contributed by atoms with Crippen LogP contribution >= 0.6 is 0 Å². The average molecular weight is 275 g/mol. The maximum atomic E-state index is 5.46. The maximum Gasteiger partial charge on any atom is 0.119 e. The topological polar surface area (TPSA) is 30.5 Å². The van der Waals surface area contributed by atoms with E-state index in [0.29, 0.717) is 18.2 Å². The summed E-state index contributed by atoms with van der Waals surface area (Å²) >= 11 is 0. The SMILES string of the molecule is COc1ccc2c(c1)CC(NC1CCC(OC)C1)CC2. The third kappa shape index (κ3) is 2.99. The Morgan fingerprint density at radius 2 is 1.95 bits per heavy atom. The van der Waals surface area contributed by atoms with E-state index in [4.69, 9.17) is 9.47 Å². The Balaban J connectivity index is 1.60. The molecule has 0 radical (unpaired) electrons. The molecule has 3 heteroatoms. The standard InChI is InChI=1S/C17H25NO2/c1-19-16-7-4-12-3-5-14(9-13(12)10-16)18-15-6-8-17(11-15)20-2/h4,7,10,14-15,17-18H,3,5-6,8-9,11H2,1-2H3. The summed E-state index contributed by atoms with van der Waals surface area (Å²) in [5, 5.41) is 3.84. The summed E-state index contributed by atoms with van der Waals surface area (Å²) in [5.41, 5.74) is 2.94. The molecule has 1 saturated carbocycles. The molecule has 2 aliphatic carbocycles. The quantitative estimate of drug-likeness (QED) is 0.916. The summed E-state index contributed by atoms with van der Waals surface area (Å²) in [4.78, 5) is 0. The third-order valence-electron chi connectivity index (χ3n) is 4.83. The van der Waals surface area contributed by atoms with Crippen LogP contribution in [-0.2, 0) is 17.6 Å². The van der Waals surface area contributed by atoms with Crippen molar-refractivity contribution in [2.45, 2.75) is 56.7 Å². The molecule has 1 aromatic carbocycles. The zero-order valence-corrected chi connectivity index (χ0v) is 12.5. The fourth-order valence-electron chi connectivity index (χ4n) is 3.64. The molecule has 110 valence electrons. The molecule has 0 aromatic heterocycles. The van der Waals surface area contributed by atoms with E-state index in [-0.39, 0.29) is 0 Å². The van der Waals surface area contributed by atoms with Gasteiger partial charge in [-0.25, -0.2) is 0 Å². The Labute approximate surface area is 121 Å². The van der Waals surface area contributed by atoms with Crippen molar-refractivity contribution in [2.24, 2.45) is 0 Å². The molecular weight excluding hydrogens is 250 g/mol. The molecule has 2 aliphatic rings. The lowest BCUT2D eigenvalue weighted by molar-refractivity contribution is 0.106. The van der Waals surface area contributed by atoms with Crippen molar-refractivity contribution in [3.05, 3.63) is 29.3 Å². The molecule has 20 heavy (non-hydrogen) atoms. The molecule has 1 fully saturated rings. The smallest absolute Gasteiger partial charge is 0.119 e. The molecular formula is C17H25NO2. The van der Waals surface area contributed by atoms with Gasteiger partial charge in [-0.3, -0.25) is 0 Å². The Morgan fingerprint density at radius 3 is 2.70 bits per heavy atom. The summed E-state index contributed by atoms with van der Waals surface area (Å²) < 4.78 is 10.8. The highest BCUT2D eigenvalue weighted by Gasteiger charge is 2.27. The van der Waals surface area contributed by atoms with Gasteiger partial charge in [-0.05, 0) is 61.8 Å². The fourth-order valence-corrected chi connectivity index (χ4v) is 3.64. The molecule has 0 bridgehead atoms. The van der Waals surface area contributed by atoms with Crippen LogP contribution in [-0.4, -0.2) is 32.4 Å². The van der Waals surface area contributed by atoms with Gasteiger partial charge < -0.3 is 14.8 Å².